The number of oxime groups is 1. The second-order valence-electron chi connectivity index (χ2n) is 10.5. The number of unbranched alkanes of at least 4 members (excludes halogenated alkanes) is 2. The molecule has 0 aliphatic heterocycles. The molecule has 1 saturated carbocycles. The molecular weight excluding hydrogens is 508 g/mol. The SMILES string of the molecule is CN(C)CCc1sc(C2CCCCC2)nc1-c1ccc(OCCCCCOc2ccc(C(N)=NO)cc2)cc1. The lowest BCUT2D eigenvalue weighted by Crippen LogP contribution is -2.14. The first-order valence-corrected chi connectivity index (χ1v) is 14.9. The molecule has 0 unspecified atom stereocenters. The second kappa shape index (κ2) is 14.9. The van der Waals surface area contributed by atoms with Crippen LogP contribution in [0.2, 0.25) is 0 Å². The smallest absolute Gasteiger partial charge is 0.170 e. The van der Waals surface area contributed by atoms with E-state index in [9.17, 15) is 0 Å². The number of hydrogen-bond donors (Lipinski definition) is 2. The molecule has 1 fully saturated rings. The number of rotatable bonds is 14. The van der Waals surface area contributed by atoms with Crippen molar-refractivity contribution in [3.63, 3.8) is 0 Å². The van der Waals surface area contributed by atoms with Crippen molar-refractivity contribution < 1.29 is 14.7 Å². The Labute approximate surface area is 236 Å². The molecule has 1 heterocycles. The van der Waals surface area contributed by atoms with E-state index in [0.717, 1.165) is 49.4 Å². The van der Waals surface area contributed by atoms with Crippen molar-refractivity contribution in [3.8, 4) is 22.8 Å². The highest BCUT2D eigenvalue weighted by atomic mass is 32.1. The number of aromatic nitrogens is 1. The van der Waals surface area contributed by atoms with Gasteiger partial charge in [-0.2, -0.15) is 0 Å². The molecule has 7 nitrogen and oxygen atoms in total. The maximum atomic E-state index is 8.74. The summed E-state index contributed by atoms with van der Waals surface area (Å²) in [6, 6.07) is 15.7. The van der Waals surface area contributed by atoms with Gasteiger partial charge in [0, 0.05) is 28.5 Å². The number of benzene rings is 2. The number of hydrogen-bond acceptors (Lipinski definition) is 7. The molecule has 3 N–H and O–H groups in total. The van der Waals surface area contributed by atoms with Gasteiger partial charge < -0.3 is 25.3 Å². The Morgan fingerprint density at radius 1 is 0.949 bits per heavy atom. The molecule has 39 heavy (non-hydrogen) atoms. The average Bonchev–Trinajstić information content (AvgIpc) is 3.40. The van der Waals surface area contributed by atoms with Gasteiger partial charge in [-0.1, -0.05) is 24.4 Å². The van der Waals surface area contributed by atoms with E-state index in [2.05, 4.69) is 48.4 Å². The van der Waals surface area contributed by atoms with Crippen LogP contribution in [0.3, 0.4) is 0 Å². The van der Waals surface area contributed by atoms with E-state index in [-0.39, 0.29) is 5.84 Å². The Bertz CT molecular complexity index is 1170. The molecule has 0 radical (unpaired) electrons. The molecule has 0 spiro atoms. The molecule has 2 aromatic carbocycles. The summed E-state index contributed by atoms with van der Waals surface area (Å²) < 4.78 is 11.8. The van der Waals surface area contributed by atoms with Gasteiger partial charge in [0.25, 0.3) is 0 Å². The van der Waals surface area contributed by atoms with E-state index in [0.29, 0.717) is 24.7 Å². The summed E-state index contributed by atoms with van der Waals surface area (Å²) in [4.78, 5) is 8.83. The van der Waals surface area contributed by atoms with E-state index in [4.69, 9.17) is 25.4 Å². The zero-order chi connectivity index (χ0) is 27.5. The van der Waals surface area contributed by atoms with Crippen LogP contribution in [-0.4, -0.2) is 54.8 Å². The van der Waals surface area contributed by atoms with Gasteiger partial charge in [0.15, 0.2) is 5.84 Å². The third-order valence-electron chi connectivity index (χ3n) is 7.17. The van der Waals surface area contributed by atoms with Crippen molar-refractivity contribution in [2.45, 2.75) is 63.7 Å². The van der Waals surface area contributed by atoms with Gasteiger partial charge in [-0.25, -0.2) is 4.98 Å². The molecule has 210 valence electrons. The molecule has 0 amide bonds. The molecule has 4 rings (SSSR count). The monoisotopic (exact) mass is 550 g/mol. The molecule has 0 atom stereocenters. The van der Waals surface area contributed by atoms with Gasteiger partial charge in [0.05, 0.1) is 23.9 Å². The molecule has 1 aliphatic rings. The second-order valence-corrected chi connectivity index (χ2v) is 11.6. The van der Waals surface area contributed by atoms with Crippen LogP contribution in [0.25, 0.3) is 11.3 Å². The third-order valence-corrected chi connectivity index (χ3v) is 8.44. The quantitative estimate of drug-likeness (QED) is 0.0764. The summed E-state index contributed by atoms with van der Waals surface area (Å²) in [5, 5.41) is 13.1. The van der Waals surface area contributed by atoms with Crippen molar-refractivity contribution in [2.75, 3.05) is 33.9 Å². The highest BCUT2D eigenvalue weighted by molar-refractivity contribution is 7.12. The molecule has 1 aromatic heterocycles. The molecule has 1 aliphatic carbocycles. The number of amidine groups is 1. The van der Waals surface area contributed by atoms with Crippen LogP contribution >= 0.6 is 11.3 Å². The highest BCUT2D eigenvalue weighted by Crippen LogP contribution is 2.39. The number of likely N-dealkylation sites (N-methyl/N-ethyl adjacent to an activating group) is 1. The predicted octanol–water partition coefficient (Wildman–Crippen LogP) is 6.68. The number of thiazole rings is 1. The van der Waals surface area contributed by atoms with Crippen LogP contribution in [0.1, 0.15) is 72.7 Å². The predicted molar refractivity (Wildman–Crippen MR) is 159 cm³/mol. The van der Waals surface area contributed by atoms with Gasteiger partial charge in [0.1, 0.15) is 11.5 Å². The van der Waals surface area contributed by atoms with Gasteiger partial charge >= 0.3 is 0 Å². The minimum Gasteiger partial charge on any atom is -0.494 e. The minimum absolute atomic E-state index is 0.0906. The van der Waals surface area contributed by atoms with Crippen molar-refractivity contribution >= 4 is 17.2 Å². The van der Waals surface area contributed by atoms with Crippen molar-refractivity contribution in [1.82, 2.24) is 9.88 Å². The molecular formula is C31H42N4O3S. The van der Waals surface area contributed by atoms with Crippen LogP contribution in [0.15, 0.2) is 53.7 Å². The van der Waals surface area contributed by atoms with Crippen LogP contribution in [0, 0.1) is 0 Å². The standard InChI is InChI=1S/C31H42N4O3S/c1-35(2)20-19-28-29(33-31(39-28)25-9-5-3-6-10-25)23-11-15-26(16-12-23)37-21-7-4-8-22-38-27-17-13-24(14-18-27)30(32)34-36/h11-18,25,36H,3-10,19-22H2,1-2H3,(H2,32,34). The van der Waals surface area contributed by atoms with Crippen LogP contribution in [-0.2, 0) is 6.42 Å². The van der Waals surface area contributed by atoms with Gasteiger partial charge in [-0.3, -0.25) is 0 Å². The Kier molecular flexibility index (Phi) is 11.0. The van der Waals surface area contributed by atoms with Crippen LogP contribution in [0.5, 0.6) is 11.5 Å². The first-order chi connectivity index (χ1) is 19.0. The van der Waals surface area contributed by atoms with E-state index in [1.54, 1.807) is 12.1 Å². The lowest BCUT2D eigenvalue weighted by Gasteiger charge is -2.18. The van der Waals surface area contributed by atoms with Crippen molar-refractivity contribution in [2.24, 2.45) is 10.9 Å². The van der Waals surface area contributed by atoms with E-state index < -0.39 is 0 Å². The van der Waals surface area contributed by atoms with E-state index in [1.165, 1.54) is 47.6 Å². The fraction of sp³-hybridized carbons (Fsp3) is 0.484. The summed E-state index contributed by atoms with van der Waals surface area (Å²) in [6.07, 6.45) is 10.6. The normalized spacial score (nSPS) is 14.6. The fourth-order valence-electron chi connectivity index (χ4n) is 4.86. The zero-order valence-corrected chi connectivity index (χ0v) is 24.1. The van der Waals surface area contributed by atoms with Crippen LogP contribution < -0.4 is 15.2 Å². The summed E-state index contributed by atoms with van der Waals surface area (Å²) in [7, 11) is 4.27. The van der Waals surface area contributed by atoms with E-state index >= 15 is 0 Å². The maximum absolute atomic E-state index is 8.74. The lowest BCUT2D eigenvalue weighted by atomic mass is 9.90. The molecule has 0 bridgehead atoms. The minimum atomic E-state index is 0.0906. The molecule has 8 heteroatoms. The number of nitrogens with two attached hydrogens (primary N) is 1. The van der Waals surface area contributed by atoms with E-state index in [1.807, 2.05) is 23.5 Å². The lowest BCUT2D eigenvalue weighted by molar-refractivity contribution is 0.279. The van der Waals surface area contributed by atoms with Gasteiger partial charge in [-0.05, 0) is 101 Å². The number of nitrogens with zero attached hydrogens (tertiary/aromatic N) is 3. The summed E-state index contributed by atoms with van der Waals surface area (Å²) >= 11 is 1.93. The number of ether oxygens (including phenoxy) is 2. The Morgan fingerprint density at radius 3 is 2.15 bits per heavy atom. The fourth-order valence-corrected chi connectivity index (χ4v) is 6.11. The van der Waals surface area contributed by atoms with Crippen molar-refractivity contribution in [1.29, 1.82) is 0 Å². The Hall–Kier alpha value is -3.10. The molecule has 3 aromatic rings. The Morgan fingerprint density at radius 2 is 1.56 bits per heavy atom. The van der Waals surface area contributed by atoms with Crippen molar-refractivity contribution in [3.05, 3.63) is 64.0 Å². The molecule has 0 saturated heterocycles. The summed E-state index contributed by atoms with van der Waals surface area (Å²) in [5.74, 6) is 2.40. The summed E-state index contributed by atoms with van der Waals surface area (Å²) in [6.45, 7) is 2.36. The van der Waals surface area contributed by atoms with Gasteiger partial charge in [-0.15, -0.1) is 11.3 Å². The van der Waals surface area contributed by atoms with Gasteiger partial charge in [0.2, 0.25) is 0 Å². The first kappa shape index (κ1) is 28.9. The maximum Gasteiger partial charge on any atom is 0.170 e. The topological polar surface area (TPSA) is 93.2 Å². The Balaban J connectivity index is 1.22. The third kappa shape index (κ3) is 8.70. The zero-order valence-electron chi connectivity index (χ0n) is 23.3. The summed E-state index contributed by atoms with van der Waals surface area (Å²) in [5.41, 5.74) is 8.59. The average molecular weight is 551 g/mol. The highest BCUT2D eigenvalue weighted by Gasteiger charge is 2.22. The van der Waals surface area contributed by atoms with Crippen LogP contribution in [0.4, 0.5) is 0 Å². The largest absolute Gasteiger partial charge is 0.494 e. The first-order valence-electron chi connectivity index (χ1n) is 14.1.